The van der Waals surface area contributed by atoms with Crippen molar-refractivity contribution in [3.63, 3.8) is 0 Å². The molecule has 0 aliphatic carbocycles. The predicted molar refractivity (Wildman–Crippen MR) is 115 cm³/mol. The molecule has 4 rings (SSSR count). The number of benzene rings is 2. The molecule has 2 N–H and O–H groups in total. The molecular formula is C23H23FN4O3. The molecule has 0 saturated heterocycles. The van der Waals surface area contributed by atoms with E-state index < -0.39 is 22.8 Å². The zero-order chi connectivity index (χ0) is 22.2. The van der Waals surface area contributed by atoms with Gasteiger partial charge < -0.3 is 15.3 Å². The maximum absolute atomic E-state index is 13.1. The molecule has 0 spiro atoms. The molecule has 0 saturated carbocycles. The molecule has 2 heterocycles. The summed E-state index contributed by atoms with van der Waals surface area (Å²) in [6.07, 6.45) is 0. The van der Waals surface area contributed by atoms with Crippen molar-refractivity contribution in [1.29, 1.82) is 0 Å². The molecule has 160 valence electrons. The Kier molecular flexibility index (Phi) is 5.22. The Morgan fingerprint density at radius 3 is 2.48 bits per heavy atom. The van der Waals surface area contributed by atoms with Gasteiger partial charge in [0.25, 0.3) is 11.5 Å². The number of amides is 1. The van der Waals surface area contributed by atoms with E-state index in [0.29, 0.717) is 24.5 Å². The van der Waals surface area contributed by atoms with Gasteiger partial charge in [0.2, 0.25) is 5.75 Å². The van der Waals surface area contributed by atoms with E-state index in [2.05, 4.69) is 15.2 Å². The summed E-state index contributed by atoms with van der Waals surface area (Å²) in [6.45, 7) is 4.85. The monoisotopic (exact) mass is 422 g/mol. The van der Waals surface area contributed by atoms with Gasteiger partial charge in [-0.15, -0.1) is 0 Å². The fourth-order valence-electron chi connectivity index (χ4n) is 3.91. The molecule has 0 unspecified atom stereocenters. The van der Waals surface area contributed by atoms with Crippen LogP contribution in [0.3, 0.4) is 0 Å². The Balaban J connectivity index is 1.67. The quantitative estimate of drug-likeness (QED) is 0.675. The average Bonchev–Trinajstić information content (AvgIpc) is 2.76. The summed E-state index contributed by atoms with van der Waals surface area (Å²) in [5, 5.41) is 13.0. The number of carbonyl (C=O) groups excluding carboxylic acids is 1. The van der Waals surface area contributed by atoms with Crippen molar-refractivity contribution in [3.05, 3.63) is 87.9 Å². The zero-order valence-corrected chi connectivity index (χ0v) is 17.3. The highest BCUT2D eigenvalue weighted by Crippen LogP contribution is 2.34. The van der Waals surface area contributed by atoms with E-state index in [1.807, 2.05) is 44.2 Å². The van der Waals surface area contributed by atoms with Crippen molar-refractivity contribution < 1.29 is 14.3 Å². The molecular weight excluding hydrogens is 399 g/mol. The summed E-state index contributed by atoms with van der Waals surface area (Å²) in [5.41, 5.74) is 0.000274. The number of anilines is 1. The van der Waals surface area contributed by atoms with E-state index in [4.69, 9.17) is 0 Å². The second-order valence-electron chi connectivity index (χ2n) is 7.94. The highest BCUT2D eigenvalue weighted by atomic mass is 19.1. The van der Waals surface area contributed by atoms with Crippen LogP contribution in [0.5, 0.6) is 5.75 Å². The first-order chi connectivity index (χ1) is 14.8. The van der Waals surface area contributed by atoms with Crippen molar-refractivity contribution in [2.45, 2.75) is 32.5 Å². The normalized spacial score (nSPS) is 14.7. The van der Waals surface area contributed by atoms with E-state index in [1.165, 1.54) is 16.7 Å². The van der Waals surface area contributed by atoms with Crippen LogP contribution in [0.4, 0.5) is 10.1 Å². The highest BCUT2D eigenvalue weighted by molar-refractivity contribution is 5.94. The van der Waals surface area contributed by atoms with Crippen LogP contribution in [0.15, 0.2) is 59.4 Å². The fourth-order valence-corrected chi connectivity index (χ4v) is 3.91. The fraction of sp³-hybridized carbons (Fsp3) is 0.261. The van der Waals surface area contributed by atoms with Gasteiger partial charge >= 0.3 is 0 Å². The second-order valence-corrected chi connectivity index (χ2v) is 7.94. The standard InChI is InChI=1S/C23H23FN4O3/c1-23(2)22-26-18(20(30)25-14-15-8-10-16(24)11-9-15)19(29)21(31)27(22)12-13-28(23)17-6-4-3-5-7-17/h3-11,29H,12-14H2,1-2H3,(H,25,30). The molecule has 2 aromatic carbocycles. The molecule has 1 aliphatic rings. The van der Waals surface area contributed by atoms with Gasteiger partial charge in [-0.2, -0.15) is 0 Å². The molecule has 0 radical (unpaired) electrons. The number of nitrogens with one attached hydrogen (secondary N) is 1. The molecule has 0 atom stereocenters. The third-order valence-electron chi connectivity index (χ3n) is 5.56. The third kappa shape index (κ3) is 3.76. The average molecular weight is 422 g/mol. The zero-order valence-electron chi connectivity index (χ0n) is 17.3. The number of rotatable bonds is 4. The van der Waals surface area contributed by atoms with E-state index in [1.54, 1.807) is 12.1 Å². The van der Waals surface area contributed by atoms with E-state index in [9.17, 15) is 19.1 Å². The number of aromatic nitrogens is 2. The summed E-state index contributed by atoms with van der Waals surface area (Å²) in [5.74, 6) is -1.32. The molecule has 31 heavy (non-hydrogen) atoms. The van der Waals surface area contributed by atoms with Crippen LogP contribution >= 0.6 is 0 Å². The Morgan fingerprint density at radius 2 is 1.81 bits per heavy atom. The lowest BCUT2D eigenvalue weighted by molar-refractivity contribution is 0.0941. The van der Waals surface area contributed by atoms with Crippen molar-refractivity contribution >= 4 is 11.6 Å². The molecule has 1 aromatic heterocycles. The van der Waals surface area contributed by atoms with Gasteiger partial charge in [-0.1, -0.05) is 30.3 Å². The number of fused-ring (bicyclic) bond motifs is 1. The minimum Gasteiger partial charge on any atom is -0.501 e. The molecule has 0 fully saturated rings. The van der Waals surface area contributed by atoms with Gasteiger partial charge in [0.1, 0.15) is 11.6 Å². The maximum Gasteiger partial charge on any atom is 0.296 e. The van der Waals surface area contributed by atoms with Gasteiger partial charge in [0.05, 0.1) is 5.54 Å². The summed E-state index contributed by atoms with van der Waals surface area (Å²) >= 11 is 0. The lowest BCUT2D eigenvalue weighted by Gasteiger charge is -2.44. The number of carbonyl (C=O) groups is 1. The predicted octanol–water partition coefficient (Wildman–Crippen LogP) is 2.77. The van der Waals surface area contributed by atoms with Crippen LogP contribution in [0, 0.1) is 5.82 Å². The summed E-state index contributed by atoms with van der Waals surface area (Å²) in [4.78, 5) is 32.1. The van der Waals surface area contributed by atoms with Crippen LogP contribution in [-0.4, -0.2) is 27.1 Å². The van der Waals surface area contributed by atoms with Gasteiger partial charge in [-0.3, -0.25) is 14.2 Å². The van der Waals surface area contributed by atoms with E-state index in [-0.39, 0.29) is 18.1 Å². The Bertz CT molecular complexity index is 1170. The van der Waals surface area contributed by atoms with Gasteiger partial charge in [0.15, 0.2) is 5.69 Å². The van der Waals surface area contributed by atoms with E-state index in [0.717, 1.165) is 5.69 Å². The largest absolute Gasteiger partial charge is 0.501 e. The first kappa shape index (κ1) is 20.6. The van der Waals surface area contributed by atoms with Crippen LogP contribution < -0.4 is 15.8 Å². The minimum atomic E-state index is -0.696. The first-order valence-electron chi connectivity index (χ1n) is 9.98. The first-order valence-corrected chi connectivity index (χ1v) is 9.98. The number of hydrogen-bond acceptors (Lipinski definition) is 5. The van der Waals surface area contributed by atoms with Crippen molar-refractivity contribution in [2.75, 3.05) is 11.4 Å². The number of nitrogens with zero attached hydrogens (tertiary/aromatic N) is 3. The van der Waals surface area contributed by atoms with Crippen molar-refractivity contribution in [3.8, 4) is 5.75 Å². The molecule has 8 heteroatoms. The minimum absolute atomic E-state index is 0.109. The van der Waals surface area contributed by atoms with Crippen LogP contribution in [0.25, 0.3) is 0 Å². The number of halogens is 1. The third-order valence-corrected chi connectivity index (χ3v) is 5.56. The van der Waals surface area contributed by atoms with Crippen LogP contribution in [-0.2, 0) is 18.6 Å². The Labute approximate surface area is 178 Å². The number of aromatic hydroxyl groups is 1. The number of hydrogen-bond donors (Lipinski definition) is 2. The Morgan fingerprint density at radius 1 is 1.13 bits per heavy atom. The van der Waals surface area contributed by atoms with Crippen molar-refractivity contribution in [1.82, 2.24) is 14.9 Å². The van der Waals surface area contributed by atoms with Gasteiger partial charge in [0, 0.05) is 25.3 Å². The topological polar surface area (TPSA) is 87.5 Å². The van der Waals surface area contributed by atoms with Crippen molar-refractivity contribution in [2.24, 2.45) is 0 Å². The summed E-state index contributed by atoms with van der Waals surface area (Å²) in [7, 11) is 0. The molecule has 7 nitrogen and oxygen atoms in total. The number of para-hydroxylation sites is 1. The highest BCUT2D eigenvalue weighted by Gasteiger charge is 2.39. The smallest absolute Gasteiger partial charge is 0.296 e. The lowest BCUT2D eigenvalue weighted by atomic mass is 9.97. The summed E-state index contributed by atoms with van der Waals surface area (Å²) in [6, 6.07) is 15.4. The second kappa shape index (κ2) is 7.86. The maximum atomic E-state index is 13.1. The SMILES string of the molecule is CC1(C)c2nc(C(=O)NCc3ccc(F)cc3)c(O)c(=O)n2CCN1c1ccccc1. The Hall–Kier alpha value is -3.68. The van der Waals surface area contributed by atoms with Gasteiger partial charge in [-0.05, 0) is 43.7 Å². The van der Waals surface area contributed by atoms with E-state index >= 15 is 0 Å². The molecule has 1 aliphatic heterocycles. The summed E-state index contributed by atoms with van der Waals surface area (Å²) < 4.78 is 14.5. The molecule has 0 bridgehead atoms. The van der Waals surface area contributed by atoms with Crippen LogP contribution in [0.1, 0.15) is 35.7 Å². The van der Waals surface area contributed by atoms with Crippen LogP contribution in [0.2, 0.25) is 0 Å². The molecule has 1 amide bonds. The van der Waals surface area contributed by atoms with Gasteiger partial charge in [-0.25, -0.2) is 9.37 Å². The lowest BCUT2D eigenvalue weighted by Crippen LogP contribution is -2.53. The molecule has 3 aromatic rings.